The molecule has 2 aromatic rings. The maximum Gasteiger partial charge on any atom is 0.347 e. The van der Waals surface area contributed by atoms with Gasteiger partial charge in [0, 0.05) is 12.6 Å². The number of pyridine rings is 1. The number of piperidine rings is 1. The Bertz CT molecular complexity index is 1090. The van der Waals surface area contributed by atoms with Crippen LogP contribution in [-0.2, 0) is 17.8 Å². The van der Waals surface area contributed by atoms with Crippen molar-refractivity contribution in [1.82, 2.24) is 24.2 Å². The van der Waals surface area contributed by atoms with Gasteiger partial charge in [-0.15, -0.1) is 0 Å². The Morgan fingerprint density at radius 2 is 2.07 bits per heavy atom. The number of aromatic nitrogens is 4. The average Bonchev–Trinajstić information content (AvgIpc) is 2.95. The zero-order valence-corrected chi connectivity index (χ0v) is 15.5. The third kappa shape index (κ3) is 2.49. The molecule has 4 atom stereocenters. The molecule has 5 heterocycles. The number of nitrogens with zero attached hydrogens (tertiary/aromatic N) is 5. The molecule has 154 valence electrons. The highest BCUT2D eigenvalue weighted by molar-refractivity contribution is 6.30. The van der Waals surface area contributed by atoms with Crippen LogP contribution < -0.4 is 5.69 Å². The molecule has 0 bridgehead atoms. The molecule has 2 fully saturated rings. The number of hydrogen-bond acceptors (Lipinski definition) is 4. The fraction of sp³-hybridized carbons (Fsp3) is 0.529. The molecule has 2 aromatic heterocycles. The van der Waals surface area contributed by atoms with Crippen LogP contribution in [0.15, 0.2) is 17.1 Å². The summed E-state index contributed by atoms with van der Waals surface area (Å²) in [6.45, 7) is -0.761. The van der Waals surface area contributed by atoms with E-state index in [0.29, 0.717) is 0 Å². The lowest BCUT2D eigenvalue weighted by Gasteiger charge is -2.56. The molecule has 0 aromatic carbocycles. The first-order valence-electron chi connectivity index (χ1n) is 9.00. The zero-order chi connectivity index (χ0) is 20.7. The van der Waals surface area contributed by atoms with Crippen LogP contribution in [0, 0.1) is 11.7 Å². The molecule has 3 aliphatic rings. The molecule has 0 spiro atoms. The average molecular weight is 432 g/mol. The predicted molar refractivity (Wildman–Crippen MR) is 91.0 cm³/mol. The van der Waals surface area contributed by atoms with Gasteiger partial charge in [0.25, 0.3) is 5.92 Å². The fourth-order valence-electron chi connectivity index (χ4n) is 4.55. The molecule has 0 saturated carbocycles. The number of hydrogen-bond donors (Lipinski definition) is 0. The minimum Gasteiger partial charge on any atom is -0.326 e. The van der Waals surface area contributed by atoms with Gasteiger partial charge >= 0.3 is 5.69 Å². The topological polar surface area (TPSA) is 73.0 Å². The van der Waals surface area contributed by atoms with Crippen molar-refractivity contribution in [2.24, 2.45) is 5.92 Å². The maximum absolute atomic E-state index is 14.9. The molecule has 0 aliphatic carbocycles. The summed E-state index contributed by atoms with van der Waals surface area (Å²) in [7, 11) is 0. The molecule has 5 rings (SSSR count). The van der Waals surface area contributed by atoms with Crippen LogP contribution >= 0.6 is 11.6 Å². The summed E-state index contributed by atoms with van der Waals surface area (Å²) in [5, 5.41) is 4.18. The fourth-order valence-corrected chi connectivity index (χ4v) is 4.70. The highest BCUT2D eigenvalue weighted by Gasteiger charge is 2.68. The Morgan fingerprint density at radius 3 is 2.76 bits per heavy atom. The van der Waals surface area contributed by atoms with Gasteiger partial charge in [0.1, 0.15) is 29.9 Å². The second kappa shape index (κ2) is 6.04. The van der Waals surface area contributed by atoms with Crippen molar-refractivity contribution in [2.75, 3.05) is 6.54 Å². The monoisotopic (exact) mass is 431 g/mol. The van der Waals surface area contributed by atoms with Crippen molar-refractivity contribution in [3.8, 4) is 0 Å². The molecule has 0 N–H and O–H groups in total. The molecule has 7 nitrogen and oxygen atoms in total. The number of fused-ring (bicyclic) bond motifs is 4. The SMILES string of the molecule is O=C1C2C(CCc3nn(Cc4ncc(Cl)cc4F)c(=O)n32)C(F)(F)C2C(F)CN12. The number of alkyl halides is 3. The molecule has 29 heavy (non-hydrogen) atoms. The standard InChI is InChI=1S/C17H14ClF4N5O2/c18-7-3-9(19)11(23-4-7)6-26-16(29)27-12(24-26)2-1-8-13(27)15(28)25-5-10(20)14(25)17(8,21)22/h3-4,8,10,13-14H,1-2,5-6H2. The Balaban J connectivity index is 1.55. The lowest BCUT2D eigenvalue weighted by molar-refractivity contribution is -0.231. The molecule has 1 amide bonds. The second-order valence-corrected chi connectivity index (χ2v) is 7.96. The Kier molecular flexibility index (Phi) is 3.87. The Labute approximate surface area is 165 Å². The molecule has 3 aliphatic heterocycles. The quantitative estimate of drug-likeness (QED) is 0.677. The van der Waals surface area contributed by atoms with Gasteiger partial charge in [-0.3, -0.25) is 14.3 Å². The van der Waals surface area contributed by atoms with Gasteiger partial charge < -0.3 is 4.90 Å². The van der Waals surface area contributed by atoms with E-state index >= 15 is 0 Å². The van der Waals surface area contributed by atoms with Crippen LogP contribution in [0.2, 0.25) is 5.02 Å². The molecule has 4 unspecified atom stereocenters. The molecule has 2 saturated heterocycles. The molecule has 0 radical (unpaired) electrons. The van der Waals surface area contributed by atoms with Crippen molar-refractivity contribution in [2.45, 2.75) is 43.6 Å². The van der Waals surface area contributed by atoms with Gasteiger partial charge in [0.15, 0.2) is 0 Å². The Morgan fingerprint density at radius 1 is 1.31 bits per heavy atom. The van der Waals surface area contributed by atoms with E-state index in [1.54, 1.807) is 0 Å². The summed E-state index contributed by atoms with van der Waals surface area (Å²) in [5.74, 6) is -6.25. The van der Waals surface area contributed by atoms with Gasteiger partial charge in [-0.25, -0.2) is 27.0 Å². The van der Waals surface area contributed by atoms with Crippen molar-refractivity contribution in [3.05, 3.63) is 45.1 Å². The summed E-state index contributed by atoms with van der Waals surface area (Å²) < 4.78 is 59.4. The van der Waals surface area contributed by atoms with E-state index in [1.807, 2.05) is 0 Å². The van der Waals surface area contributed by atoms with Crippen LogP contribution in [0.1, 0.15) is 24.0 Å². The first kappa shape index (κ1) is 18.6. The summed E-state index contributed by atoms with van der Waals surface area (Å²) in [5.41, 5.74) is -0.919. The number of rotatable bonds is 2. The minimum atomic E-state index is -3.46. The molecule has 12 heteroatoms. The van der Waals surface area contributed by atoms with Crippen LogP contribution in [0.4, 0.5) is 17.6 Å². The van der Waals surface area contributed by atoms with Gasteiger partial charge in [-0.05, 0) is 12.5 Å². The summed E-state index contributed by atoms with van der Waals surface area (Å²) in [6, 6.07) is -2.21. The molecular formula is C17H14ClF4N5O2. The summed E-state index contributed by atoms with van der Waals surface area (Å²) in [6.07, 6.45) is -0.661. The minimum absolute atomic E-state index is 0.0203. The highest BCUT2D eigenvalue weighted by Crippen LogP contribution is 2.52. The van der Waals surface area contributed by atoms with E-state index in [-0.39, 0.29) is 35.9 Å². The van der Waals surface area contributed by atoms with Gasteiger partial charge in [-0.1, -0.05) is 11.6 Å². The van der Waals surface area contributed by atoms with Crippen LogP contribution in [-0.4, -0.2) is 54.8 Å². The largest absolute Gasteiger partial charge is 0.347 e. The van der Waals surface area contributed by atoms with E-state index in [0.717, 1.165) is 20.2 Å². The highest BCUT2D eigenvalue weighted by atomic mass is 35.5. The van der Waals surface area contributed by atoms with Crippen LogP contribution in [0.25, 0.3) is 0 Å². The third-order valence-electron chi connectivity index (χ3n) is 5.94. The van der Waals surface area contributed by atoms with Crippen molar-refractivity contribution in [1.29, 1.82) is 0 Å². The first-order chi connectivity index (χ1) is 13.7. The van der Waals surface area contributed by atoms with Crippen LogP contribution in [0.3, 0.4) is 0 Å². The van der Waals surface area contributed by atoms with Gasteiger partial charge in [-0.2, -0.15) is 5.10 Å². The smallest absolute Gasteiger partial charge is 0.326 e. The lowest BCUT2D eigenvalue weighted by Crippen LogP contribution is -2.75. The van der Waals surface area contributed by atoms with E-state index in [4.69, 9.17) is 11.6 Å². The van der Waals surface area contributed by atoms with Crippen LogP contribution in [0.5, 0.6) is 0 Å². The molecular weight excluding hydrogens is 418 g/mol. The summed E-state index contributed by atoms with van der Waals surface area (Å²) in [4.78, 5) is 30.3. The number of amides is 1. The van der Waals surface area contributed by atoms with E-state index in [2.05, 4.69) is 10.1 Å². The van der Waals surface area contributed by atoms with E-state index in [1.165, 1.54) is 6.20 Å². The van der Waals surface area contributed by atoms with Gasteiger partial charge in [0.2, 0.25) is 5.91 Å². The third-order valence-corrected chi connectivity index (χ3v) is 6.14. The van der Waals surface area contributed by atoms with Crippen molar-refractivity contribution < 1.29 is 22.4 Å². The first-order valence-corrected chi connectivity index (χ1v) is 9.38. The lowest BCUT2D eigenvalue weighted by atomic mass is 9.73. The predicted octanol–water partition coefficient (Wildman–Crippen LogP) is 1.58. The number of carbonyl (C=O) groups excluding carboxylic acids is 1. The van der Waals surface area contributed by atoms with Crippen molar-refractivity contribution in [3.63, 3.8) is 0 Å². The Hall–Kier alpha value is -2.43. The van der Waals surface area contributed by atoms with Gasteiger partial charge in [0.05, 0.1) is 29.7 Å². The zero-order valence-electron chi connectivity index (χ0n) is 14.7. The normalized spacial score (nSPS) is 29.7. The van der Waals surface area contributed by atoms with Crippen molar-refractivity contribution >= 4 is 17.5 Å². The number of halogens is 5. The second-order valence-electron chi connectivity index (χ2n) is 7.52. The maximum atomic E-state index is 14.9. The van der Waals surface area contributed by atoms with E-state index in [9.17, 15) is 27.2 Å². The van der Waals surface area contributed by atoms with E-state index < -0.39 is 54.1 Å². The number of aryl methyl sites for hydroxylation is 1. The number of carbonyl (C=O) groups is 1. The summed E-state index contributed by atoms with van der Waals surface area (Å²) >= 11 is 5.66.